The molecule has 0 fully saturated rings. The summed E-state index contributed by atoms with van der Waals surface area (Å²) in [5, 5.41) is 18.6. The lowest BCUT2D eigenvalue weighted by atomic mass is 10.0. The van der Waals surface area contributed by atoms with Crippen molar-refractivity contribution in [3.05, 3.63) is 59.7 Å². The lowest BCUT2D eigenvalue weighted by Crippen LogP contribution is -2.03. The summed E-state index contributed by atoms with van der Waals surface area (Å²) < 4.78 is 15.4. The molecule has 0 bridgehead atoms. The number of hydrogen-bond donors (Lipinski definition) is 1. The van der Waals surface area contributed by atoms with E-state index in [2.05, 4.69) is 30.1 Å². The molecule has 118 valence electrons. The van der Waals surface area contributed by atoms with E-state index in [0.29, 0.717) is 5.56 Å². The van der Waals surface area contributed by atoms with Crippen molar-refractivity contribution in [3.8, 4) is 11.8 Å². The molecule has 0 saturated carbocycles. The Labute approximate surface area is 138 Å². The maximum Gasteiger partial charge on any atom is 0.123 e. The van der Waals surface area contributed by atoms with Gasteiger partial charge in [0, 0.05) is 22.2 Å². The lowest BCUT2D eigenvalue weighted by molar-refractivity contribution is 0.627. The van der Waals surface area contributed by atoms with E-state index in [1.165, 1.54) is 12.1 Å². The van der Waals surface area contributed by atoms with Crippen LogP contribution in [0.25, 0.3) is 27.5 Å². The molecule has 24 heavy (non-hydrogen) atoms. The van der Waals surface area contributed by atoms with Crippen molar-refractivity contribution in [2.24, 2.45) is 0 Å². The summed E-state index contributed by atoms with van der Waals surface area (Å²) in [6, 6.07) is 12.7. The molecular formula is C19H15FN4. The van der Waals surface area contributed by atoms with Crippen molar-refractivity contribution >= 4 is 21.8 Å². The second kappa shape index (κ2) is 5.20. The van der Waals surface area contributed by atoms with E-state index in [0.717, 1.165) is 33.2 Å². The lowest BCUT2D eigenvalue weighted by Gasteiger charge is -2.14. The highest BCUT2D eigenvalue weighted by molar-refractivity contribution is 5.99. The van der Waals surface area contributed by atoms with Gasteiger partial charge in [0.15, 0.2) is 0 Å². The highest BCUT2D eigenvalue weighted by atomic mass is 19.1. The maximum atomic E-state index is 13.3. The molecule has 0 aliphatic carbocycles. The summed E-state index contributed by atoms with van der Waals surface area (Å²) in [5.74, 6) is -0.132. The normalized spacial score (nSPS) is 11.5. The van der Waals surface area contributed by atoms with Crippen molar-refractivity contribution in [1.29, 1.82) is 5.26 Å². The van der Waals surface area contributed by atoms with Crippen LogP contribution in [0.1, 0.15) is 31.0 Å². The Bertz CT molecular complexity index is 1090. The number of hydrogen-bond acceptors (Lipinski definition) is 2. The molecule has 2 aromatic heterocycles. The van der Waals surface area contributed by atoms with Crippen molar-refractivity contribution in [2.45, 2.75) is 19.8 Å². The maximum absolute atomic E-state index is 13.3. The molecule has 0 atom stereocenters. The third-order valence-electron chi connectivity index (χ3n) is 4.31. The van der Waals surface area contributed by atoms with E-state index >= 15 is 0 Å². The van der Waals surface area contributed by atoms with Gasteiger partial charge in [-0.25, -0.2) is 4.39 Å². The van der Waals surface area contributed by atoms with Crippen LogP contribution in [0.5, 0.6) is 0 Å². The number of halogens is 1. The van der Waals surface area contributed by atoms with Crippen molar-refractivity contribution in [3.63, 3.8) is 0 Å². The van der Waals surface area contributed by atoms with Gasteiger partial charge in [0.05, 0.1) is 22.8 Å². The molecule has 2 aromatic carbocycles. The third-order valence-corrected chi connectivity index (χ3v) is 4.31. The van der Waals surface area contributed by atoms with Crippen LogP contribution in [-0.2, 0) is 0 Å². The van der Waals surface area contributed by atoms with Crippen LogP contribution in [0.2, 0.25) is 0 Å². The van der Waals surface area contributed by atoms with E-state index < -0.39 is 0 Å². The molecule has 2 heterocycles. The SMILES string of the molecule is CC(C)c1c(C#N)c2cc3[nH]ncc3cc2n1-c1ccc(F)cc1. The Morgan fingerprint density at radius 3 is 2.62 bits per heavy atom. The highest BCUT2D eigenvalue weighted by Crippen LogP contribution is 2.35. The number of nitrogens with one attached hydrogen (secondary N) is 1. The van der Waals surface area contributed by atoms with Gasteiger partial charge in [-0.2, -0.15) is 10.4 Å². The number of aromatic amines is 1. The van der Waals surface area contributed by atoms with Crippen LogP contribution in [0, 0.1) is 17.1 Å². The Balaban J connectivity index is 2.18. The van der Waals surface area contributed by atoms with Crippen molar-refractivity contribution in [1.82, 2.24) is 14.8 Å². The number of nitriles is 1. The minimum atomic E-state index is -0.279. The standard InChI is InChI=1S/C19H15FN4/c1-11(2)19-16(9-21)15-8-17-12(10-22-23-17)7-18(15)24(19)14-5-3-13(20)4-6-14/h3-8,10-11H,1-2H3,(H,22,23). The monoisotopic (exact) mass is 318 g/mol. The molecule has 0 aliphatic rings. The van der Waals surface area contributed by atoms with Crippen LogP contribution in [0.3, 0.4) is 0 Å². The third kappa shape index (κ3) is 2.00. The van der Waals surface area contributed by atoms with E-state index in [1.54, 1.807) is 18.3 Å². The summed E-state index contributed by atoms with van der Waals surface area (Å²) in [6.45, 7) is 4.12. The average Bonchev–Trinajstić information content (AvgIpc) is 3.14. The molecule has 0 aliphatic heterocycles. The Morgan fingerprint density at radius 1 is 1.21 bits per heavy atom. The van der Waals surface area contributed by atoms with Crippen LogP contribution >= 0.6 is 0 Å². The quantitative estimate of drug-likeness (QED) is 0.585. The first kappa shape index (κ1) is 14.5. The molecule has 0 spiro atoms. The van der Waals surface area contributed by atoms with Gasteiger partial charge in [-0.3, -0.25) is 5.10 Å². The zero-order valence-electron chi connectivity index (χ0n) is 13.3. The van der Waals surface area contributed by atoms with Gasteiger partial charge in [0.2, 0.25) is 0 Å². The molecule has 4 nitrogen and oxygen atoms in total. The second-order valence-corrected chi connectivity index (χ2v) is 6.17. The topological polar surface area (TPSA) is 57.4 Å². The summed E-state index contributed by atoms with van der Waals surface area (Å²) in [5.41, 5.74) is 4.25. The van der Waals surface area contributed by atoms with Gasteiger partial charge >= 0.3 is 0 Å². The summed E-state index contributed by atoms with van der Waals surface area (Å²) in [6.07, 6.45) is 1.76. The van der Waals surface area contributed by atoms with Crippen molar-refractivity contribution in [2.75, 3.05) is 0 Å². The fraction of sp³-hybridized carbons (Fsp3) is 0.158. The zero-order chi connectivity index (χ0) is 16.8. The predicted molar refractivity (Wildman–Crippen MR) is 91.7 cm³/mol. The second-order valence-electron chi connectivity index (χ2n) is 6.17. The van der Waals surface area contributed by atoms with Crippen LogP contribution in [-0.4, -0.2) is 14.8 Å². The first-order chi connectivity index (χ1) is 11.6. The molecule has 4 rings (SSSR count). The Hall–Kier alpha value is -3.13. The van der Waals surface area contributed by atoms with Crippen LogP contribution in [0.15, 0.2) is 42.6 Å². The Kier molecular flexibility index (Phi) is 3.14. The molecule has 0 unspecified atom stereocenters. The number of nitrogens with zero attached hydrogens (tertiary/aromatic N) is 3. The van der Waals surface area contributed by atoms with E-state index in [1.807, 2.05) is 16.7 Å². The van der Waals surface area contributed by atoms with Crippen molar-refractivity contribution < 1.29 is 4.39 Å². The van der Waals surface area contributed by atoms with E-state index in [4.69, 9.17) is 0 Å². The zero-order valence-corrected chi connectivity index (χ0v) is 13.3. The van der Waals surface area contributed by atoms with E-state index in [-0.39, 0.29) is 11.7 Å². The van der Waals surface area contributed by atoms with Gasteiger partial charge in [-0.05, 0) is 42.3 Å². The summed E-state index contributed by atoms with van der Waals surface area (Å²) in [7, 11) is 0. The first-order valence-corrected chi connectivity index (χ1v) is 7.77. The molecule has 1 N–H and O–H groups in total. The minimum Gasteiger partial charge on any atom is -0.312 e. The van der Waals surface area contributed by atoms with Crippen LogP contribution in [0.4, 0.5) is 4.39 Å². The van der Waals surface area contributed by atoms with E-state index in [9.17, 15) is 9.65 Å². The van der Waals surface area contributed by atoms with Crippen LogP contribution < -0.4 is 0 Å². The number of H-pyrrole nitrogens is 1. The first-order valence-electron chi connectivity index (χ1n) is 7.77. The number of benzene rings is 2. The van der Waals surface area contributed by atoms with Gasteiger partial charge in [0.1, 0.15) is 11.9 Å². The highest BCUT2D eigenvalue weighted by Gasteiger charge is 2.21. The fourth-order valence-electron chi connectivity index (χ4n) is 3.28. The smallest absolute Gasteiger partial charge is 0.123 e. The molecule has 0 amide bonds. The molecule has 5 heteroatoms. The number of rotatable bonds is 2. The average molecular weight is 318 g/mol. The molecule has 4 aromatic rings. The van der Waals surface area contributed by atoms with Gasteiger partial charge in [-0.1, -0.05) is 13.8 Å². The van der Waals surface area contributed by atoms with Gasteiger partial charge in [-0.15, -0.1) is 0 Å². The summed E-state index contributed by atoms with van der Waals surface area (Å²) >= 11 is 0. The molecular weight excluding hydrogens is 303 g/mol. The summed E-state index contributed by atoms with van der Waals surface area (Å²) in [4.78, 5) is 0. The number of fused-ring (bicyclic) bond motifs is 2. The fourth-order valence-corrected chi connectivity index (χ4v) is 3.28. The van der Waals surface area contributed by atoms with Gasteiger partial charge < -0.3 is 4.57 Å². The van der Waals surface area contributed by atoms with Gasteiger partial charge in [0.25, 0.3) is 0 Å². The number of aromatic nitrogens is 3. The molecule has 0 saturated heterocycles. The molecule has 0 radical (unpaired) electrons. The minimum absolute atomic E-state index is 0.147. The largest absolute Gasteiger partial charge is 0.312 e. The Morgan fingerprint density at radius 2 is 1.96 bits per heavy atom. The predicted octanol–water partition coefficient (Wildman–Crippen LogP) is 4.64.